The highest BCUT2D eigenvalue weighted by molar-refractivity contribution is 5.94. The maximum absolute atomic E-state index is 12.4. The molecule has 0 saturated carbocycles. The second-order valence-corrected chi connectivity index (χ2v) is 8.68. The molecule has 40 heavy (non-hydrogen) atoms. The fourth-order valence-electron chi connectivity index (χ4n) is 4.16. The van der Waals surface area contributed by atoms with Gasteiger partial charge in [0.2, 0.25) is 18.2 Å². The molecular weight excluding hydrogens is 512 g/mol. The molecule has 3 heterocycles. The van der Waals surface area contributed by atoms with Crippen LogP contribution in [0.5, 0.6) is 28.9 Å². The number of amides is 1. The number of pyridine rings is 2. The van der Waals surface area contributed by atoms with E-state index in [1.54, 1.807) is 37.5 Å². The number of nitrogens with zero attached hydrogens (tertiary/aromatic N) is 2. The third kappa shape index (κ3) is 5.49. The van der Waals surface area contributed by atoms with Gasteiger partial charge in [0.25, 0.3) is 5.91 Å². The summed E-state index contributed by atoms with van der Waals surface area (Å²) in [7, 11) is 1.58. The lowest BCUT2D eigenvalue weighted by Crippen LogP contribution is -2.24. The van der Waals surface area contributed by atoms with Crippen LogP contribution in [0.3, 0.4) is 0 Å². The van der Waals surface area contributed by atoms with Crippen molar-refractivity contribution in [2.75, 3.05) is 20.4 Å². The SMILES string of the molecule is COc1ccc(-c2c(C#N)c(Oc3ccc4c(c3)OCO4)nc(C)c2C=CCNC(=O)c2ccc(=O)[nH]c2)cc1. The van der Waals surface area contributed by atoms with Crippen molar-refractivity contribution in [3.8, 4) is 46.1 Å². The summed E-state index contributed by atoms with van der Waals surface area (Å²) in [6.45, 7) is 2.16. The first-order valence-electron chi connectivity index (χ1n) is 12.3. The quantitative estimate of drug-likeness (QED) is 0.334. The molecule has 10 nitrogen and oxygen atoms in total. The number of carbonyl (C=O) groups excluding carboxylic acids is 1. The van der Waals surface area contributed by atoms with Gasteiger partial charge in [0, 0.05) is 41.7 Å². The van der Waals surface area contributed by atoms with Gasteiger partial charge in [-0.25, -0.2) is 4.98 Å². The minimum absolute atomic E-state index is 0.132. The number of ether oxygens (including phenoxy) is 4. The van der Waals surface area contributed by atoms with Crippen LogP contribution in [-0.4, -0.2) is 36.3 Å². The van der Waals surface area contributed by atoms with Crippen LogP contribution < -0.4 is 29.8 Å². The van der Waals surface area contributed by atoms with Gasteiger partial charge in [-0.3, -0.25) is 9.59 Å². The summed E-state index contributed by atoms with van der Waals surface area (Å²) < 4.78 is 22.2. The zero-order chi connectivity index (χ0) is 28.1. The first-order chi connectivity index (χ1) is 19.5. The molecule has 1 aliphatic heterocycles. The first-order valence-corrected chi connectivity index (χ1v) is 12.3. The number of aryl methyl sites for hydroxylation is 1. The number of fused-ring (bicyclic) bond motifs is 1. The van der Waals surface area contributed by atoms with E-state index in [2.05, 4.69) is 21.4 Å². The van der Waals surface area contributed by atoms with Crippen LogP contribution in [0.4, 0.5) is 0 Å². The van der Waals surface area contributed by atoms with Crippen LogP contribution in [0, 0.1) is 18.3 Å². The Hall–Kier alpha value is -5.56. The number of methoxy groups -OCH3 is 1. The molecule has 0 radical (unpaired) electrons. The molecule has 1 amide bonds. The average molecular weight is 537 g/mol. The summed E-state index contributed by atoms with van der Waals surface area (Å²) in [6.07, 6.45) is 4.93. The second-order valence-electron chi connectivity index (χ2n) is 8.68. The van der Waals surface area contributed by atoms with E-state index in [0.717, 1.165) is 5.56 Å². The molecule has 0 unspecified atom stereocenters. The number of hydrogen-bond donors (Lipinski definition) is 2. The number of benzene rings is 2. The summed E-state index contributed by atoms with van der Waals surface area (Å²) in [5.41, 5.74) is 2.98. The topological polar surface area (TPSA) is 136 Å². The van der Waals surface area contributed by atoms with E-state index in [1.165, 1.54) is 18.3 Å². The molecule has 2 N–H and O–H groups in total. The molecule has 0 bridgehead atoms. The maximum atomic E-state index is 12.4. The number of carbonyl (C=O) groups is 1. The summed E-state index contributed by atoms with van der Waals surface area (Å²) >= 11 is 0. The van der Waals surface area contributed by atoms with Crippen molar-refractivity contribution in [2.24, 2.45) is 0 Å². The van der Waals surface area contributed by atoms with E-state index in [-0.39, 0.29) is 36.2 Å². The van der Waals surface area contributed by atoms with Gasteiger partial charge in [-0.2, -0.15) is 5.26 Å². The van der Waals surface area contributed by atoms with Crippen molar-refractivity contribution in [2.45, 2.75) is 6.92 Å². The fraction of sp³-hybridized carbons (Fsp3) is 0.133. The monoisotopic (exact) mass is 536 g/mol. The van der Waals surface area contributed by atoms with Crippen molar-refractivity contribution >= 4 is 12.0 Å². The van der Waals surface area contributed by atoms with Crippen molar-refractivity contribution < 1.29 is 23.7 Å². The third-order valence-corrected chi connectivity index (χ3v) is 6.15. The van der Waals surface area contributed by atoms with Crippen LogP contribution in [0.2, 0.25) is 0 Å². The largest absolute Gasteiger partial charge is 0.497 e. The Kier molecular flexibility index (Phi) is 7.46. The van der Waals surface area contributed by atoms with Gasteiger partial charge < -0.3 is 29.2 Å². The predicted molar refractivity (Wildman–Crippen MR) is 147 cm³/mol. The molecule has 5 rings (SSSR count). The van der Waals surface area contributed by atoms with Crippen LogP contribution >= 0.6 is 0 Å². The molecule has 0 fully saturated rings. The standard InChI is InChI=1S/C30H24N4O6/c1-18-23(4-3-13-32-29(36)20-7-12-27(35)33-16-20)28(19-5-8-21(37-2)9-6-19)24(15-31)30(34-18)40-22-10-11-25-26(14-22)39-17-38-25/h3-12,14,16H,13,17H2,1-2H3,(H,32,36)(H,33,35). The Morgan fingerprint density at radius 3 is 2.62 bits per heavy atom. The Bertz CT molecular complexity index is 1680. The van der Waals surface area contributed by atoms with E-state index in [1.807, 2.05) is 31.2 Å². The Morgan fingerprint density at radius 2 is 1.90 bits per heavy atom. The van der Waals surface area contributed by atoms with E-state index in [0.29, 0.717) is 45.4 Å². The van der Waals surface area contributed by atoms with Crippen LogP contribution in [0.15, 0.2) is 71.7 Å². The first kappa shape index (κ1) is 26.1. The number of aromatic amines is 1. The van der Waals surface area contributed by atoms with Crippen LogP contribution in [-0.2, 0) is 0 Å². The number of H-pyrrole nitrogens is 1. The highest BCUT2D eigenvalue weighted by Gasteiger charge is 2.21. The molecule has 10 heteroatoms. The van der Waals surface area contributed by atoms with Crippen LogP contribution in [0.1, 0.15) is 27.2 Å². The van der Waals surface area contributed by atoms with Gasteiger partial charge >= 0.3 is 0 Å². The van der Waals surface area contributed by atoms with E-state index >= 15 is 0 Å². The molecule has 2 aromatic heterocycles. The number of nitriles is 1. The van der Waals surface area contributed by atoms with Crippen molar-refractivity contribution in [3.63, 3.8) is 0 Å². The van der Waals surface area contributed by atoms with Crippen LogP contribution in [0.25, 0.3) is 17.2 Å². The number of nitrogens with one attached hydrogen (secondary N) is 2. The van der Waals surface area contributed by atoms with E-state index in [4.69, 9.17) is 18.9 Å². The van der Waals surface area contributed by atoms with Crippen molar-refractivity contribution in [1.82, 2.24) is 15.3 Å². The lowest BCUT2D eigenvalue weighted by Gasteiger charge is -2.16. The van der Waals surface area contributed by atoms with E-state index in [9.17, 15) is 14.9 Å². The molecule has 1 aliphatic rings. The minimum Gasteiger partial charge on any atom is -0.497 e. The van der Waals surface area contributed by atoms with Gasteiger partial charge in [0.05, 0.1) is 12.7 Å². The lowest BCUT2D eigenvalue weighted by atomic mass is 9.94. The zero-order valence-corrected chi connectivity index (χ0v) is 21.7. The Balaban J connectivity index is 1.49. The minimum atomic E-state index is -0.337. The van der Waals surface area contributed by atoms with Gasteiger partial charge in [-0.1, -0.05) is 24.3 Å². The zero-order valence-electron chi connectivity index (χ0n) is 21.7. The molecule has 0 atom stereocenters. The predicted octanol–water partition coefficient (Wildman–Crippen LogP) is 4.59. The number of hydrogen-bond acceptors (Lipinski definition) is 8. The second kappa shape index (κ2) is 11.4. The van der Waals surface area contributed by atoms with Crippen molar-refractivity contribution in [3.05, 3.63) is 99.6 Å². The molecular formula is C30H24N4O6. The summed E-state index contributed by atoms with van der Waals surface area (Å²) in [5, 5.41) is 13.0. The summed E-state index contributed by atoms with van der Waals surface area (Å²) in [4.78, 5) is 30.7. The molecule has 2 aromatic carbocycles. The molecule has 200 valence electrons. The normalized spacial score (nSPS) is 11.7. The van der Waals surface area contributed by atoms with E-state index < -0.39 is 0 Å². The molecule has 0 saturated heterocycles. The van der Waals surface area contributed by atoms with Crippen molar-refractivity contribution in [1.29, 1.82) is 5.26 Å². The molecule has 0 spiro atoms. The maximum Gasteiger partial charge on any atom is 0.253 e. The summed E-state index contributed by atoms with van der Waals surface area (Å²) in [5.74, 6) is 2.09. The fourth-order valence-corrected chi connectivity index (χ4v) is 4.16. The molecule has 4 aromatic rings. The highest BCUT2D eigenvalue weighted by atomic mass is 16.7. The van der Waals surface area contributed by atoms with Gasteiger partial charge in [0.15, 0.2) is 11.5 Å². The van der Waals surface area contributed by atoms with Gasteiger partial charge in [0.1, 0.15) is 23.1 Å². The summed E-state index contributed by atoms with van der Waals surface area (Å²) in [6, 6.07) is 17.5. The smallest absolute Gasteiger partial charge is 0.253 e. The molecule has 0 aliphatic carbocycles. The van der Waals surface area contributed by atoms with Gasteiger partial charge in [-0.15, -0.1) is 0 Å². The Labute approximate surface area is 229 Å². The number of aromatic nitrogens is 2. The number of rotatable bonds is 8. The Morgan fingerprint density at radius 1 is 1.12 bits per heavy atom. The lowest BCUT2D eigenvalue weighted by molar-refractivity contribution is 0.0957. The third-order valence-electron chi connectivity index (χ3n) is 6.15. The van der Waals surface area contributed by atoms with Gasteiger partial charge in [-0.05, 0) is 42.8 Å². The average Bonchev–Trinajstić information content (AvgIpc) is 3.44. The highest BCUT2D eigenvalue weighted by Crippen LogP contribution is 2.40.